The number of aromatic hydroxyl groups is 1. The van der Waals surface area contributed by atoms with Gasteiger partial charge >= 0.3 is 0 Å². The molecule has 0 spiro atoms. The Labute approximate surface area is 108 Å². The van der Waals surface area contributed by atoms with Gasteiger partial charge in [0, 0.05) is 13.7 Å². The summed E-state index contributed by atoms with van der Waals surface area (Å²) in [6, 6.07) is 5.02. The molecular weight excluding hydrogens is 230 g/mol. The number of phenolic OH excluding ortho intramolecular Hbond substituents is 1. The van der Waals surface area contributed by atoms with Crippen LogP contribution < -0.4 is 0 Å². The Morgan fingerprint density at radius 2 is 2.17 bits per heavy atom. The Hall–Kier alpha value is -1.55. The molecule has 0 aliphatic carbocycles. The van der Waals surface area contributed by atoms with Crippen LogP contribution in [0, 0.1) is 6.92 Å². The van der Waals surface area contributed by atoms with Gasteiger partial charge in [0.05, 0.1) is 18.2 Å². The van der Waals surface area contributed by atoms with Crippen LogP contribution in [0.15, 0.2) is 18.2 Å². The highest BCUT2D eigenvalue weighted by molar-refractivity contribution is 5.97. The van der Waals surface area contributed by atoms with Crippen LogP contribution in [0.25, 0.3) is 0 Å². The van der Waals surface area contributed by atoms with Gasteiger partial charge in [0.2, 0.25) is 0 Å². The summed E-state index contributed by atoms with van der Waals surface area (Å²) in [5.74, 6) is -0.142. The molecule has 18 heavy (non-hydrogen) atoms. The number of amides is 1. The average molecular weight is 251 g/mol. The van der Waals surface area contributed by atoms with Crippen LogP contribution in [0.2, 0.25) is 0 Å². The molecule has 0 saturated heterocycles. The quantitative estimate of drug-likeness (QED) is 0.872. The van der Waals surface area contributed by atoms with Gasteiger partial charge in [-0.25, -0.2) is 0 Å². The predicted molar refractivity (Wildman–Crippen MR) is 70.9 cm³/mol. The van der Waals surface area contributed by atoms with Gasteiger partial charge in [-0.1, -0.05) is 11.6 Å². The zero-order chi connectivity index (χ0) is 13.7. The highest BCUT2D eigenvalue weighted by Crippen LogP contribution is 2.21. The standard InChI is InChI=1S/C14H21NO3/c1-5-15(11(3)9-18-4)14(17)12-8-10(2)6-7-13(12)16/h6-8,11,16H,5,9H2,1-4H3. The monoisotopic (exact) mass is 251 g/mol. The molecule has 0 fully saturated rings. The molecule has 1 unspecified atom stereocenters. The highest BCUT2D eigenvalue weighted by Gasteiger charge is 2.22. The van der Waals surface area contributed by atoms with Gasteiger partial charge in [-0.15, -0.1) is 0 Å². The summed E-state index contributed by atoms with van der Waals surface area (Å²) in [5, 5.41) is 9.78. The van der Waals surface area contributed by atoms with Crippen molar-refractivity contribution in [3.8, 4) is 5.75 Å². The van der Waals surface area contributed by atoms with Gasteiger partial charge < -0.3 is 14.7 Å². The van der Waals surface area contributed by atoms with Crippen molar-refractivity contribution in [3.05, 3.63) is 29.3 Å². The van der Waals surface area contributed by atoms with Gasteiger partial charge in [0.15, 0.2) is 0 Å². The van der Waals surface area contributed by atoms with Crippen molar-refractivity contribution in [2.75, 3.05) is 20.3 Å². The minimum Gasteiger partial charge on any atom is -0.507 e. The minimum absolute atomic E-state index is 0.0209. The third-order valence-electron chi connectivity index (χ3n) is 2.92. The van der Waals surface area contributed by atoms with Gasteiger partial charge in [-0.05, 0) is 32.9 Å². The minimum atomic E-state index is -0.164. The number of phenols is 1. The first-order valence-electron chi connectivity index (χ1n) is 6.10. The van der Waals surface area contributed by atoms with E-state index in [9.17, 15) is 9.90 Å². The topological polar surface area (TPSA) is 49.8 Å². The number of hydrogen-bond donors (Lipinski definition) is 1. The van der Waals surface area contributed by atoms with Gasteiger partial charge in [-0.2, -0.15) is 0 Å². The summed E-state index contributed by atoms with van der Waals surface area (Å²) in [7, 11) is 1.61. The van der Waals surface area contributed by atoms with Crippen molar-refractivity contribution in [2.24, 2.45) is 0 Å². The lowest BCUT2D eigenvalue weighted by atomic mass is 10.1. The Balaban J connectivity index is 2.99. The third kappa shape index (κ3) is 3.23. The van der Waals surface area contributed by atoms with Crippen molar-refractivity contribution in [1.82, 2.24) is 4.90 Å². The van der Waals surface area contributed by atoms with E-state index in [-0.39, 0.29) is 17.7 Å². The molecule has 1 N–H and O–H groups in total. The van der Waals surface area contributed by atoms with Crippen LogP contribution in [-0.2, 0) is 4.74 Å². The fraction of sp³-hybridized carbons (Fsp3) is 0.500. The Morgan fingerprint density at radius 1 is 1.50 bits per heavy atom. The van der Waals surface area contributed by atoms with E-state index in [1.54, 1.807) is 30.2 Å². The summed E-state index contributed by atoms with van der Waals surface area (Å²) in [6.07, 6.45) is 0. The number of ether oxygens (including phenoxy) is 1. The molecule has 4 heteroatoms. The molecule has 1 rings (SSSR count). The maximum atomic E-state index is 12.4. The zero-order valence-electron chi connectivity index (χ0n) is 11.4. The Kier molecular flexibility index (Phi) is 5.16. The lowest BCUT2D eigenvalue weighted by Gasteiger charge is -2.28. The van der Waals surface area contributed by atoms with Crippen LogP contribution in [0.3, 0.4) is 0 Å². The number of aryl methyl sites for hydroxylation is 1. The van der Waals surface area contributed by atoms with E-state index in [0.717, 1.165) is 5.56 Å². The molecule has 0 bridgehead atoms. The van der Waals surface area contributed by atoms with Gasteiger partial charge in [0.1, 0.15) is 5.75 Å². The lowest BCUT2D eigenvalue weighted by molar-refractivity contribution is 0.0576. The Morgan fingerprint density at radius 3 is 2.72 bits per heavy atom. The molecule has 0 aliphatic heterocycles. The second-order valence-corrected chi connectivity index (χ2v) is 4.42. The van der Waals surface area contributed by atoms with Crippen molar-refractivity contribution in [3.63, 3.8) is 0 Å². The van der Waals surface area contributed by atoms with E-state index in [1.165, 1.54) is 0 Å². The zero-order valence-corrected chi connectivity index (χ0v) is 11.4. The SMILES string of the molecule is CCN(C(=O)c1cc(C)ccc1O)C(C)COC. The molecule has 0 aromatic heterocycles. The lowest BCUT2D eigenvalue weighted by Crippen LogP contribution is -2.41. The smallest absolute Gasteiger partial charge is 0.257 e. The molecule has 1 amide bonds. The highest BCUT2D eigenvalue weighted by atomic mass is 16.5. The van der Waals surface area contributed by atoms with Gasteiger partial charge in [-0.3, -0.25) is 4.79 Å². The third-order valence-corrected chi connectivity index (χ3v) is 2.92. The fourth-order valence-electron chi connectivity index (χ4n) is 1.96. The van der Waals surface area contributed by atoms with Crippen LogP contribution in [0.4, 0.5) is 0 Å². The summed E-state index contributed by atoms with van der Waals surface area (Å²) in [4.78, 5) is 14.1. The van der Waals surface area contributed by atoms with Crippen molar-refractivity contribution in [2.45, 2.75) is 26.8 Å². The molecule has 0 heterocycles. The van der Waals surface area contributed by atoms with E-state index in [2.05, 4.69) is 0 Å². The summed E-state index contributed by atoms with van der Waals surface area (Å²) >= 11 is 0. The van der Waals surface area contributed by atoms with E-state index < -0.39 is 0 Å². The van der Waals surface area contributed by atoms with E-state index >= 15 is 0 Å². The number of likely N-dealkylation sites (N-methyl/N-ethyl adjacent to an activating group) is 1. The molecule has 1 atom stereocenters. The molecule has 1 aromatic carbocycles. The summed E-state index contributed by atoms with van der Waals surface area (Å²) in [6.45, 7) is 6.79. The van der Waals surface area contributed by atoms with Crippen LogP contribution in [0.5, 0.6) is 5.75 Å². The van der Waals surface area contributed by atoms with Crippen molar-refractivity contribution < 1.29 is 14.6 Å². The number of hydrogen-bond acceptors (Lipinski definition) is 3. The maximum absolute atomic E-state index is 12.4. The first-order chi connectivity index (χ1) is 8.51. The molecule has 0 aliphatic rings. The van der Waals surface area contributed by atoms with Gasteiger partial charge in [0.25, 0.3) is 5.91 Å². The second kappa shape index (κ2) is 6.40. The molecule has 1 aromatic rings. The molecule has 0 saturated carbocycles. The van der Waals surface area contributed by atoms with E-state index in [4.69, 9.17) is 4.74 Å². The summed E-state index contributed by atoms with van der Waals surface area (Å²) < 4.78 is 5.07. The van der Waals surface area contributed by atoms with Crippen LogP contribution in [-0.4, -0.2) is 42.2 Å². The number of nitrogens with zero attached hydrogens (tertiary/aromatic N) is 1. The summed E-state index contributed by atoms with van der Waals surface area (Å²) in [5.41, 5.74) is 1.30. The normalized spacial score (nSPS) is 12.2. The maximum Gasteiger partial charge on any atom is 0.257 e. The molecule has 100 valence electrons. The van der Waals surface area contributed by atoms with Crippen LogP contribution in [0.1, 0.15) is 29.8 Å². The first-order valence-corrected chi connectivity index (χ1v) is 6.10. The van der Waals surface area contributed by atoms with E-state index in [1.807, 2.05) is 20.8 Å². The average Bonchev–Trinajstić information content (AvgIpc) is 2.33. The largest absolute Gasteiger partial charge is 0.507 e. The fourth-order valence-corrected chi connectivity index (χ4v) is 1.96. The first kappa shape index (κ1) is 14.5. The number of carbonyl (C=O) groups is 1. The number of methoxy groups -OCH3 is 1. The Bertz CT molecular complexity index is 418. The number of benzene rings is 1. The van der Waals surface area contributed by atoms with Crippen molar-refractivity contribution >= 4 is 5.91 Å². The van der Waals surface area contributed by atoms with Crippen LogP contribution >= 0.6 is 0 Å². The molecule has 0 radical (unpaired) electrons. The predicted octanol–water partition coefficient (Wildman–Crippen LogP) is 2.20. The van der Waals surface area contributed by atoms with Crippen molar-refractivity contribution in [1.29, 1.82) is 0 Å². The van der Waals surface area contributed by atoms with E-state index in [0.29, 0.717) is 18.7 Å². The second-order valence-electron chi connectivity index (χ2n) is 4.42. The molecular formula is C14H21NO3. The number of carbonyl (C=O) groups excluding carboxylic acids is 1. The molecule has 4 nitrogen and oxygen atoms in total. The number of rotatable bonds is 5.